The van der Waals surface area contributed by atoms with Crippen LogP contribution in [0, 0.1) is 6.92 Å². The number of carboxylic acid groups (broad SMARTS) is 1. The lowest BCUT2D eigenvalue weighted by Crippen LogP contribution is -2.25. The van der Waals surface area contributed by atoms with Crippen LogP contribution in [0.15, 0.2) is 71.4 Å². The number of hydrogen-bond donors (Lipinski definition) is 1. The number of aromatic nitrogens is 2. The van der Waals surface area contributed by atoms with Crippen LogP contribution in [-0.2, 0) is 30.7 Å². The number of oxazole rings is 1. The summed E-state index contributed by atoms with van der Waals surface area (Å²) in [6.07, 6.45) is 4.17. The van der Waals surface area contributed by atoms with Crippen LogP contribution in [0.25, 0.3) is 11.5 Å². The smallest absolute Gasteiger partial charge is 0.303 e. The van der Waals surface area contributed by atoms with Crippen LogP contribution < -0.4 is 4.74 Å². The van der Waals surface area contributed by atoms with E-state index in [4.69, 9.17) is 9.15 Å². The minimum atomic E-state index is -0.854. The van der Waals surface area contributed by atoms with Gasteiger partial charge in [-0.3, -0.25) is 14.6 Å². The second-order valence-corrected chi connectivity index (χ2v) is 8.96. The Morgan fingerprint density at radius 3 is 2.59 bits per heavy atom. The van der Waals surface area contributed by atoms with E-state index in [1.165, 1.54) is 0 Å². The van der Waals surface area contributed by atoms with E-state index < -0.39 is 5.97 Å². The molecule has 37 heavy (non-hydrogen) atoms. The van der Waals surface area contributed by atoms with E-state index in [1.54, 1.807) is 29.4 Å². The molecule has 2 aromatic carbocycles. The fraction of sp³-hybridized carbons (Fsp3) is 0.241. The summed E-state index contributed by atoms with van der Waals surface area (Å²) in [4.78, 5) is 34.7. The summed E-state index contributed by atoms with van der Waals surface area (Å²) in [5, 5.41) is 9.18. The molecule has 0 aliphatic carbocycles. The van der Waals surface area contributed by atoms with Crippen molar-refractivity contribution in [1.82, 2.24) is 14.9 Å². The van der Waals surface area contributed by atoms with Crippen LogP contribution in [0.5, 0.6) is 5.75 Å². The van der Waals surface area contributed by atoms with Crippen LogP contribution in [0.1, 0.15) is 44.9 Å². The molecule has 0 radical (unpaired) electrons. The topological polar surface area (TPSA) is 106 Å². The second-order valence-electron chi connectivity index (χ2n) is 8.96. The van der Waals surface area contributed by atoms with Crippen LogP contribution in [-0.4, -0.2) is 38.5 Å². The van der Waals surface area contributed by atoms with Crippen molar-refractivity contribution < 1.29 is 23.8 Å². The molecule has 2 aromatic heterocycles. The molecule has 3 heterocycles. The summed E-state index contributed by atoms with van der Waals surface area (Å²) in [5.74, 6) is 1.06. The first-order valence-electron chi connectivity index (χ1n) is 12.2. The van der Waals surface area contributed by atoms with E-state index in [2.05, 4.69) is 9.97 Å². The molecule has 1 amide bonds. The average Bonchev–Trinajstić information content (AvgIpc) is 3.53. The SMILES string of the molecule is Cc1oc(-c2ccccc2)nc1CCOc1ccc(CCC(=O)O)c2c1CN(C(=O)c1cccnc1)C2. The summed E-state index contributed by atoms with van der Waals surface area (Å²) >= 11 is 0. The maximum Gasteiger partial charge on any atom is 0.303 e. The lowest BCUT2D eigenvalue weighted by Gasteiger charge is -2.15. The summed E-state index contributed by atoms with van der Waals surface area (Å²) < 4.78 is 12.0. The molecule has 1 N–H and O–H groups in total. The predicted octanol–water partition coefficient (Wildman–Crippen LogP) is 4.84. The Kier molecular flexibility index (Phi) is 6.98. The number of carbonyl (C=O) groups excluding carboxylic acids is 1. The Labute approximate surface area is 214 Å². The molecule has 0 saturated carbocycles. The number of nitrogens with zero attached hydrogens (tertiary/aromatic N) is 3. The van der Waals surface area contributed by atoms with Crippen molar-refractivity contribution in [3.05, 3.63) is 101 Å². The fourth-order valence-corrected chi connectivity index (χ4v) is 4.58. The van der Waals surface area contributed by atoms with Crippen molar-refractivity contribution in [3.63, 3.8) is 0 Å². The van der Waals surface area contributed by atoms with Crippen molar-refractivity contribution >= 4 is 11.9 Å². The zero-order valence-corrected chi connectivity index (χ0v) is 20.5. The normalized spacial score (nSPS) is 12.4. The number of fused-ring (bicyclic) bond motifs is 1. The zero-order chi connectivity index (χ0) is 25.8. The van der Waals surface area contributed by atoms with E-state index in [-0.39, 0.29) is 12.3 Å². The van der Waals surface area contributed by atoms with Gasteiger partial charge in [-0.15, -0.1) is 0 Å². The van der Waals surface area contributed by atoms with E-state index in [1.807, 2.05) is 49.4 Å². The molecule has 4 aromatic rings. The van der Waals surface area contributed by atoms with Gasteiger partial charge in [0.05, 0.1) is 24.4 Å². The van der Waals surface area contributed by atoms with Crippen molar-refractivity contribution in [1.29, 1.82) is 0 Å². The van der Waals surface area contributed by atoms with E-state index in [0.717, 1.165) is 33.7 Å². The first-order valence-corrected chi connectivity index (χ1v) is 12.2. The Morgan fingerprint density at radius 1 is 1.03 bits per heavy atom. The number of rotatable bonds is 9. The lowest BCUT2D eigenvalue weighted by atomic mass is 9.99. The van der Waals surface area contributed by atoms with Crippen molar-refractivity contribution in [2.24, 2.45) is 0 Å². The Balaban J connectivity index is 1.32. The van der Waals surface area contributed by atoms with Gasteiger partial charge < -0.3 is 19.2 Å². The quantitative estimate of drug-likeness (QED) is 0.353. The Bertz CT molecular complexity index is 1420. The molecular weight excluding hydrogens is 470 g/mol. The number of hydrogen-bond acceptors (Lipinski definition) is 6. The largest absolute Gasteiger partial charge is 0.493 e. The highest BCUT2D eigenvalue weighted by Crippen LogP contribution is 2.35. The van der Waals surface area contributed by atoms with Gasteiger partial charge in [0, 0.05) is 42.9 Å². The van der Waals surface area contributed by atoms with Crippen LogP contribution in [0.4, 0.5) is 0 Å². The van der Waals surface area contributed by atoms with Crippen molar-refractivity contribution in [3.8, 4) is 17.2 Å². The third-order valence-corrected chi connectivity index (χ3v) is 6.50. The van der Waals surface area contributed by atoms with Gasteiger partial charge in [-0.05, 0) is 54.8 Å². The highest BCUT2D eigenvalue weighted by Gasteiger charge is 2.29. The molecule has 8 heteroatoms. The number of aliphatic carboxylic acids is 1. The molecule has 0 saturated heterocycles. The maximum atomic E-state index is 13.1. The van der Waals surface area contributed by atoms with Gasteiger partial charge in [-0.25, -0.2) is 4.98 Å². The van der Waals surface area contributed by atoms with Gasteiger partial charge in [0.2, 0.25) is 5.89 Å². The molecule has 0 bridgehead atoms. The van der Waals surface area contributed by atoms with Crippen LogP contribution in [0.3, 0.4) is 0 Å². The van der Waals surface area contributed by atoms with E-state index in [0.29, 0.717) is 49.7 Å². The average molecular weight is 498 g/mol. The molecule has 1 aliphatic heterocycles. The first-order chi connectivity index (χ1) is 18.0. The number of carboxylic acids is 1. The van der Waals surface area contributed by atoms with Crippen molar-refractivity contribution in [2.45, 2.75) is 39.3 Å². The minimum absolute atomic E-state index is 0.0262. The Morgan fingerprint density at radius 2 is 1.84 bits per heavy atom. The molecule has 0 fully saturated rings. The zero-order valence-electron chi connectivity index (χ0n) is 20.5. The van der Waals surface area contributed by atoms with Crippen LogP contribution in [0.2, 0.25) is 0 Å². The van der Waals surface area contributed by atoms with Gasteiger partial charge in [0.1, 0.15) is 11.5 Å². The number of aryl methyl sites for hydroxylation is 2. The standard InChI is InChI=1S/C29H27N3O5/c1-19-25(31-28(37-19)21-6-3-2-4-7-21)13-15-36-26-11-9-20(10-12-27(33)34)23-17-32(18-24(23)26)29(35)22-8-5-14-30-16-22/h2-9,11,14,16H,10,12-13,15,17-18H2,1H3,(H,33,34). The van der Waals surface area contributed by atoms with Crippen molar-refractivity contribution in [2.75, 3.05) is 6.61 Å². The molecule has 0 spiro atoms. The van der Waals surface area contributed by atoms with Gasteiger partial charge >= 0.3 is 5.97 Å². The molecular formula is C29H27N3O5. The summed E-state index contributed by atoms with van der Waals surface area (Å²) in [7, 11) is 0. The summed E-state index contributed by atoms with van der Waals surface area (Å²) in [6.45, 7) is 3.07. The van der Waals surface area contributed by atoms with E-state index in [9.17, 15) is 14.7 Å². The van der Waals surface area contributed by atoms with Gasteiger partial charge in [0.15, 0.2) is 0 Å². The molecule has 188 valence electrons. The number of ether oxygens (including phenoxy) is 1. The summed E-state index contributed by atoms with van der Waals surface area (Å²) in [5.41, 5.74) is 5.07. The van der Waals surface area contributed by atoms with E-state index >= 15 is 0 Å². The number of pyridine rings is 1. The molecule has 5 rings (SSSR count). The van der Waals surface area contributed by atoms with Crippen LogP contribution >= 0.6 is 0 Å². The highest BCUT2D eigenvalue weighted by atomic mass is 16.5. The molecule has 0 atom stereocenters. The maximum absolute atomic E-state index is 13.1. The molecule has 8 nitrogen and oxygen atoms in total. The number of benzene rings is 2. The third kappa shape index (κ3) is 5.38. The molecule has 1 aliphatic rings. The highest BCUT2D eigenvalue weighted by molar-refractivity contribution is 5.94. The number of carbonyl (C=O) groups is 2. The summed E-state index contributed by atoms with van der Waals surface area (Å²) in [6, 6.07) is 17.0. The minimum Gasteiger partial charge on any atom is -0.493 e. The second kappa shape index (κ2) is 10.7. The molecule has 0 unspecified atom stereocenters. The monoisotopic (exact) mass is 497 g/mol. The van der Waals surface area contributed by atoms with Gasteiger partial charge in [-0.1, -0.05) is 24.3 Å². The fourth-order valence-electron chi connectivity index (χ4n) is 4.58. The first kappa shape index (κ1) is 24.2. The Hall–Kier alpha value is -4.46. The third-order valence-electron chi connectivity index (χ3n) is 6.50. The predicted molar refractivity (Wildman–Crippen MR) is 136 cm³/mol. The van der Waals surface area contributed by atoms with Gasteiger partial charge in [-0.2, -0.15) is 0 Å². The number of amides is 1. The van der Waals surface area contributed by atoms with Gasteiger partial charge in [0.25, 0.3) is 5.91 Å². The lowest BCUT2D eigenvalue weighted by molar-refractivity contribution is -0.136.